The predicted molar refractivity (Wildman–Crippen MR) is 38.4 cm³/mol. The fraction of sp³-hybridized carbons (Fsp3) is 0.750. The molecule has 1 aliphatic heterocycles. The van der Waals surface area contributed by atoms with E-state index in [9.17, 15) is 5.11 Å². The van der Waals surface area contributed by atoms with Gasteiger partial charge < -0.3 is 9.84 Å². The van der Waals surface area contributed by atoms with Crippen molar-refractivity contribution in [2.75, 3.05) is 13.2 Å². The Bertz CT molecular complexity index is 137. The summed E-state index contributed by atoms with van der Waals surface area (Å²) in [7, 11) is 0. The van der Waals surface area contributed by atoms with Crippen molar-refractivity contribution in [1.29, 1.82) is 0 Å². The van der Waals surface area contributed by atoms with Crippen LogP contribution < -0.4 is 0 Å². The van der Waals surface area contributed by atoms with Crippen LogP contribution in [0.5, 0.6) is 0 Å². The fourth-order valence-corrected chi connectivity index (χ4v) is 1.13. The lowest BCUT2D eigenvalue weighted by atomic mass is 10.0. The largest absolute Gasteiger partial charge is 0.390 e. The monoisotopic (exact) mass is 140 g/mol. The molecular formula is C8H12O2. The van der Waals surface area contributed by atoms with E-state index < -0.39 is 0 Å². The number of terminal acetylenes is 1. The minimum Gasteiger partial charge on any atom is -0.390 e. The first-order chi connectivity index (χ1) is 4.84. The number of hydrogen-bond donors (Lipinski definition) is 1. The van der Waals surface area contributed by atoms with E-state index in [4.69, 9.17) is 11.2 Å². The Morgan fingerprint density at radius 1 is 1.60 bits per heavy atom. The Balaban J connectivity index is 2.21. The van der Waals surface area contributed by atoms with Crippen molar-refractivity contribution in [2.45, 2.75) is 18.9 Å². The molecule has 0 saturated carbocycles. The Labute approximate surface area is 61.2 Å². The van der Waals surface area contributed by atoms with Gasteiger partial charge in [-0.2, -0.15) is 0 Å². The lowest BCUT2D eigenvalue weighted by Gasteiger charge is -2.08. The van der Waals surface area contributed by atoms with Gasteiger partial charge in [0.1, 0.15) is 0 Å². The summed E-state index contributed by atoms with van der Waals surface area (Å²) in [5.41, 5.74) is 0. The first kappa shape index (κ1) is 7.59. The van der Waals surface area contributed by atoms with E-state index in [0.29, 0.717) is 13.2 Å². The second-order valence-electron chi connectivity index (χ2n) is 2.61. The molecule has 1 N–H and O–H groups in total. The molecule has 0 aromatic carbocycles. The van der Waals surface area contributed by atoms with Crippen LogP contribution in [-0.4, -0.2) is 24.4 Å². The third-order valence-corrected chi connectivity index (χ3v) is 1.82. The summed E-state index contributed by atoms with van der Waals surface area (Å²) in [6.45, 7) is 1.15. The molecule has 2 heteroatoms. The minimum absolute atomic E-state index is 0.274. The molecule has 1 fully saturated rings. The van der Waals surface area contributed by atoms with Crippen molar-refractivity contribution >= 4 is 0 Å². The van der Waals surface area contributed by atoms with Crippen LogP contribution in [0, 0.1) is 18.3 Å². The molecule has 2 unspecified atom stereocenters. The van der Waals surface area contributed by atoms with E-state index in [2.05, 4.69) is 5.92 Å². The molecule has 0 aromatic heterocycles. The molecule has 0 spiro atoms. The van der Waals surface area contributed by atoms with Crippen molar-refractivity contribution < 1.29 is 9.84 Å². The average molecular weight is 140 g/mol. The summed E-state index contributed by atoms with van der Waals surface area (Å²) in [5, 5.41) is 9.22. The summed E-state index contributed by atoms with van der Waals surface area (Å²) in [6, 6.07) is 0. The van der Waals surface area contributed by atoms with E-state index in [1.165, 1.54) is 0 Å². The number of rotatable bonds is 2. The van der Waals surface area contributed by atoms with Gasteiger partial charge in [-0.15, -0.1) is 12.3 Å². The maximum absolute atomic E-state index is 9.22. The number of aliphatic hydroxyl groups is 1. The number of hydrogen-bond acceptors (Lipinski definition) is 2. The Kier molecular flexibility index (Phi) is 2.73. The maximum atomic E-state index is 9.22. The van der Waals surface area contributed by atoms with Gasteiger partial charge in [-0.1, -0.05) is 0 Å². The summed E-state index contributed by atoms with van der Waals surface area (Å²) in [4.78, 5) is 0. The summed E-state index contributed by atoms with van der Waals surface area (Å²) < 4.78 is 5.05. The van der Waals surface area contributed by atoms with Crippen LogP contribution in [0.1, 0.15) is 12.8 Å². The molecule has 0 aromatic rings. The molecule has 0 aliphatic carbocycles. The lowest BCUT2D eigenvalue weighted by molar-refractivity contribution is 0.117. The van der Waals surface area contributed by atoms with Gasteiger partial charge in [-0.05, 0) is 6.42 Å². The minimum atomic E-state index is -0.284. The zero-order valence-electron chi connectivity index (χ0n) is 5.92. The van der Waals surface area contributed by atoms with Gasteiger partial charge in [-0.25, -0.2) is 0 Å². The van der Waals surface area contributed by atoms with Crippen LogP contribution in [0.4, 0.5) is 0 Å². The Morgan fingerprint density at radius 3 is 2.90 bits per heavy atom. The van der Waals surface area contributed by atoms with Gasteiger partial charge in [0.15, 0.2) is 0 Å². The van der Waals surface area contributed by atoms with Crippen LogP contribution in [0.2, 0.25) is 0 Å². The van der Waals surface area contributed by atoms with Crippen molar-refractivity contribution in [2.24, 2.45) is 5.92 Å². The molecule has 56 valence electrons. The molecule has 2 nitrogen and oxygen atoms in total. The first-order valence-corrected chi connectivity index (χ1v) is 3.54. The van der Waals surface area contributed by atoms with Gasteiger partial charge in [0, 0.05) is 12.3 Å². The third kappa shape index (κ3) is 1.73. The molecule has 10 heavy (non-hydrogen) atoms. The molecule has 1 saturated heterocycles. The van der Waals surface area contributed by atoms with E-state index in [-0.39, 0.29) is 12.0 Å². The number of aliphatic hydroxyl groups excluding tert-OH is 1. The van der Waals surface area contributed by atoms with Gasteiger partial charge >= 0.3 is 0 Å². The van der Waals surface area contributed by atoms with Gasteiger partial charge in [0.05, 0.1) is 19.3 Å². The first-order valence-electron chi connectivity index (χ1n) is 3.54. The molecule has 1 heterocycles. The molecular weight excluding hydrogens is 128 g/mol. The second kappa shape index (κ2) is 3.60. The van der Waals surface area contributed by atoms with E-state index in [0.717, 1.165) is 12.8 Å². The van der Waals surface area contributed by atoms with Crippen LogP contribution in [0.25, 0.3) is 0 Å². The summed E-state index contributed by atoms with van der Waals surface area (Å²) >= 11 is 0. The topological polar surface area (TPSA) is 29.5 Å². The fourth-order valence-electron chi connectivity index (χ4n) is 1.13. The van der Waals surface area contributed by atoms with Gasteiger partial charge in [-0.3, -0.25) is 0 Å². The highest BCUT2D eigenvalue weighted by molar-refractivity contribution is 4.86. The second-order valence-corrected chi connectivity index (χ2v) is 2.61. The predicted octanol–water partition coefficient (Wildman–Crippen LogP) is 0.407. The molecule has 2 atom stereocenters. The van der Waals surface area contributed by atoms with Crippen molar-refractivity contribution in [3.63, 3.8) is 0 Å². The van der Waals surface area contributed by atoms with Gasteiger partial charge in [0.2, 0.25) is 0 Å². The SMILES string of the molecule is C#CCCC1COCC1O. The zero-order valence-corrected chi connectivity index (χ0v) is 5.92. The zero-order chi connectivity index (χ0) is 7.40. The molecule has 0 amide bonds. The Morgan fingerprint density at radius 2 is 2.40 bits per heavy atom. The molecule has 1 rings (SSSR count). The smallest absolute Gasteiger partial charge is 0.0824 e. The van der Waals surface area contributed by atoms with E-state index in [1.54, 1.807) is 0 Å². The number of ether oxygens (including phenoxy) is 1. The normalized spacial score (nSPS) is 32.0. The van der Waals surface area contributed by atoms with E-state index in [1.807, 2.05) is 0 Å². The molecule has 0 bridgehead atoms. The van der Waals surface area contributed by atoms with Crippen LogP contribution >= 0.6 is 0 Å². The standard InChI is InChI=1S/C8H12O2/c1-2-3-4-7-5-10-6-8(7)9/h1,7-9H,3-6H2. The van der Waals surface area contributed by atoms with Crippen LogP contribution in [-0.2, 0) is 4.74 Å². The quantitative estimate of drug-likeness (QED) is 0.563. The van der Waals surface area contributed by atoms with E-state index >= 15 is 0 Å². The average Bonchev–Trinajstić information content (AvgIpc) is 2.31. The lowest BCUT2D eigenvalue weighted by Crippen LogP contribution is -2.17. The van der Waals surface area contributed by atoms with Crippen molar-refractivity contribution in [1.82, 2.24) is 0 Å². The van der Waals surface area contributed by atoms with Crippen LogP contribution in [0.15, 0.2) is 0 Å². The van der Waals surface area contributed by atoms with Crippen LogP contribution in [0.3, 0.4) is 0 Å². The highest BCUT2D eigenvalue weighted by Crippen LogP contribution is 2.18. The van der Waals surface area contributed by atoms with Gasteiger partial charge in [0.25, 0.3) is 0 Å². The third-order valence-electron chi connectivity index (χ3n) is 1.82. The molecule has 0 radical (unpaired) electrons. The maximum Gasteiger partial charge on any atom is 0.0824 e. The van der Waals surface area contributed by atoms with Crippen molar-refractivity contribution in [3.8, 4) is 12.3 Å². The highest BCUT2D eigenvalue weighted by Gasteiger charge is 2.24. The summed E-state index contributed by atoms with van der Waals surface area (Å²) in [6.07, 6.45) is 6.42. The molecule has 1 aliphatic rings. The highest BCUT2D eigenvalue weighted by atomic mass is 16.5. The summed E-state index contributed by atoms with van der Waals surface area (Å²) in [5.74, 6) is 2.82. The van der Waals surface area contributed by atoms with Crippen molar-refractivity contribution in [3.05, 3.63) is 0 Å². The Hall–Kier alpha value is -0.520.